The molecule has 1 atom stereocenters. The summed E-state index contributed by atoms with van der Waals surface area (Å²) in [5, 5.41) is 7.34. The zero-order valence-electron chi connectivity index (χ0n) is 17.5. The number of nitrogens with one attached hydrogen (secondary N) is 1. The first-order chi connectivity index (χ1) is 13.5. The second-order valence-corrected chi connectivity index (χ2v) is 9.80. The summed E-state index contributed by atoms with van der Waals surface area (Å²) in [7, 11) is 0. The van der Waals surface area contributed by atoms with E-state index in [1.165, 1.54) is 4.68 Å². The van der Waals surface area contributed by atoms with Crippen molar-refractivity contribution in [2.45, 2.75) is 64.9 Å². The van der Waals surface area contributed by atoms with Crippen LogP contribution in [0.3, 0.4) is 0 Å². The van der Waals surface area contributed by atoms with Gasteiger partial charge in [0.15, 0.2) is 0 Å². The molecule has 1 heterocycles. The minimum Gasteiger partial charge on any atom is -0.442 e. The molecule has 1 aliphatic rings. The highest BCUT2D eigenvalue weighted by Gasteiger charge is 2.32. The van der Waals surface area contributed by atoms with E-state index < -0.39 is 11.7 Å². The summed E-state index contributed by atoms with van der Waals surface area (Å²) >= 11 is 3.43. The minimum absolute atomic E-state index is 0.0805. The molecule has 1 unspecified atom stereocenters. The molecule has 1 aromatic heterocycles. The van der Waals surface area contributed by atoms with Gasteiger partial charge >= 0.3 is 6.09 Å². The molecule has 29 heavy (non-hydrogen) atoms. The molecule has 1 aliphatic carbocycles. The van der Waals surface area contributed by atoms with Crippen LogP contribution in [0.25, 0.3) is 0 Å². The van der Waals surface area contributed by atoms with Gasteiger partial charge in [0.05, 0.1) is 11.6 Å². The van der Waals surface area contributed by atoms with E-state index in [0.717, 1.165) is 28.6 Å². The molecule has 156 valence electrons. The number of ether oxygens (including phenoxy) is 1. The third-order valence-corrected chi connectivity index (χ3v) is 5.25. The highest BCUT2D eigenvalue weighted by Crippen LogP contribution is 2.40. The molecule has 1 N–H and O–H groups in total. The zero-order chi connectivity index (χ0) is 21.3. The fraction of sp³-hybridized carbons (Fsp3) is 0.500. The van der Waals surface area contributed by atoms with Crippen molar-refractivity contribution in [1.29, 1.82) is 0 Å². The van der Waals surface area contributed by atoms with Crippen LogP contribution >= 0.6 is 15.9 Å². The Morgan fingerprint density at radius 3 is 2.34 bits per heavy atom. The molecule has 1 saturated carbocycles. The molecule has 1 amide bonds. The Kier molecular flexibility index (Phi) is 6.17. The molecule has 0 saturated heterocycles. The second-order valence-electron chi connectivity index (χ2n) is 8.88. The van der Waals surface area contributed by atoms with E-state index in [1.54, 1.807) is 26.8 Å². The normalized spacial score (nSPS) is 15.3. The van der Waals surface area contributed by atoms with Gasteiger partial charge in [-0.2, -0.15) is 5.10 Å². The van der Waals surface area contributed by atoms with Crippen molar-refractivity contribution < 1.29 is 14.3 Å². The topological polar surface area (TPSA) is 73.2 Å². The van der Waals surface area contributed by atoms with Crippen LogP contribution in [0.1, 0.15) is 70.6 Å². The van der Waals surface area contributed by atoms with Gasteiger partial charge in [0.1, 0.15) is 11.4 Å². The Balaban J connectivity index is 1.88. The molecule has 0 spiro atoms. The molecule has 0 radical (unpaired) electrons. The summed E-state index contributed by atoms with van der Waals surface area (Å²) < 4.78 is 7.61. The summed E-state index contributed by atoms with van der Waals surface area (Å²) in [6.07, 6.45) is 1.50. The van der Waals surface area contributed by atoms with E-state index in [2.05, 4.69) is 26.3 Å². The molecule has 7 heteroatoms. The van der Waals surface area contributed by atoms with Gasteiger partial charge in [0.2, 0.25) is 5.91 Å². The quantitative estimate of drug-likeness (QED) is 0.620. The number of amides is 1. The van der Waals surface area contributed by atoms with E-state index in [1.807, 2.05) is 38.1 Å². The number of carbonyl (C=O) groups excluding carboxylic acids is 2. The molecule has 0 bridgehead atoms. The summed E-state index contributed by atoms with van der Waals surface area (Å²) in [5.41, 5.74) is 1.09. The monoisotopic (exact) mass is 461 g/mol. The Bertz CT molecular complexity index is 893. The van der Waals surface area contributed by atoms with Crippen LogP contribution in [0.15, 0.2) is 34.8 Å². The zero-order valence-corrected chi connectivity index (χ0v) is 19.1. The second kappa shape index (κ2) is 8.30. The minimum atomic E-state index is -0.651. The fourth-order valence-corrected chi connectivity index (χ4v) is 3.49. The number of hydrogen-bond donors (Lipinski definition) is 1. The lowest BCUT2D eigenvalue weighted by molar-refractivity contribution is -0.118. The third kappa shape index (κ3) is 5.47. The Morgan fingerprint density at radius 2 is 1.83 bits per heavy atom. The average molecular weight is 462 g/mol. The van der Waals surface area contributed by atoms with Crippen LogP contribution in [0.5, 0.6) is 0 Å². The van der Waals surface area contributed by atoms with E-state index in [4.69, 9.17) is 4.74 Å². The third-order valence-electron chi connectivity index (χ3n) is 4.72. The number of nitrogens with zero attached hydrogens (tertiary/aromatic N) is 2. The van der Waals surface area contributed by atoms with Gasteiger partial charge in [-0.25, -0.2) is 4.79 Å². The largest absolute Gasteiger partial charge is 0.442 e. The van der Waals surface area contributed by atoms with Crippen molar-refractivity contribution in [3.05, 3.63) is 46.1 Å². The standard InChI is InChI=1S/C22H28BrN3O3/c1-13(2)19(15-8-10-16(23)11-9-15)20(27)24-18-12-17(14-6-7-14)25-26(18)21(28)29-22(3,4)5/h8-14,19H,6-7H2,1-5H3,(H,24,27). The van der Waals surface area contributed by atoms with Gasteiger partial charge in [-0.15, -0.1) is 4.68 Å². The Morgan fingerprint density at radius 1 is 1.21 bits per heavy atom. The van der Waals surface area contributed by atoms with Crippen molar-refractivity contribution in [2.75, 3.05) is 5.32 Å². The molecular weight excluding hydrogens is 434 g/mol. The Hall–Kier alpha value is -2.15. The molecular formula is C22H28BrN3O3. The highest BCUT2D eigenvalue weighted by atomic mass is 79.9. The van der Waals surface area contributed by atoms with Crippen molar-refractivity contribution in [2.24, 2.45) is 5.92 Å². The van der Waals surface area contributed by atoms with Crippen molar-refractivity contribution in [1.82, 2.24) is 9.78 Å². The number of aromatic nitrogens is 2. The number of rotatable bonds is 5. The number of benzene rings is 1. The smallest absolute Gasteiger partial charge is 0.437 e. The van der Waals surface area contributed by atoms with E-state index in [9.17, 15) is 9.59 Å². The molecule has 1 fully saturated rings. The van der Waals surface area contributed by atoms with Crippen molar-refractivity contribution >= 4 is 33.7 Å². The molecule has 3 rings (SSSR count). The lowest BCUT2D eigenvalue weighted by Gasteiger charge is -2.22. The lowest BCUT2D eigenvalue weighted by atomic mass is 9.87. The van der Waals surface area contributed by atoms with Gasteiger partial charge in [-0.05, 0) is 57.2 Å². The maximum absolute atomic E-state index is 13.2. The predicted molar refractivity (Wildman–Crippen MR) is 116 cm³/mol. The maximum atomic E-state index is 13.2. The average Bonchev–Trinajstić information content (AvgIpc) is 3.36. The summed E-state index contributed by atoms with van der Waals surface area (Å²) in [6, 6.07) is 9.52. The number of halogens is 1. The van der Waals surface area contributed by atoms with Crippen LogP contribution in [-0.4, -0.2) is 27.4 Å². The number of anilines is 1. The summed E-state index contributed by atoms with van der Waals surface area (Å²) in [4.78, 5) is 25.8. The van der Waals surface area contributed by atoms with Gasteiger partial charge in [-0.1, -0.05) is 41.9 Å². The Labute approximate surface area is 180 Å². The molecule has 1 aromatic carbocycles. The van der Waals surface area contributed by atoms with Gasteiger partial charge in [0, 0.05) is 16.5 Å². The van der Waals surface area contributed by atoms with Crippen LogP contribution in [0.2, 0.25) is 0 Å². The van der Waals surface area contributed by atoms with Crippen LogP contribution in [-0.2, 0) is 9.53 Å². The summed E-state index contributed by atoms with van der Waals surface area (Å²) in [5.74, 6) is 0.261. The SMILES string of the molecule is CC(C)C(C(=O)Nc1cc(C2CC2)nn1C(=O)OC(C)(C)C)c1ccc(Br)cc1. The first kappa shape index (κ1) is 21.6. The van der Waals surface area contributed by atoms with Gasteiger partial charge < -0.3 is 10.1 Å². The van der Waals surface area contributed by atoms with Gasteiger partial charge in [-0.3, -0.25) is 4.79 Å². The van der Waals surface area contributed by atoms with Crippen molar-refractivity contribution in [3.8, 4) is 0 Å². The number of carbonyl (C=O) groups is 2. The van der Waals surface area contributed by atoms with E-state index in [-0.39, 0.29) is 17.7 Å². The maximum Gasteiger partial charge on any atom is 0.437 e. The first-order valence-electron chi connectivity index (χ1n) is 9.95. The predicted octanol–water partition coefficient (Wildman–Crippen LogP) is 5.68. The van der Waals surface area contributed by atoms with Crippen LogP contribution in [0.4, 0.5) is 10.6 Å². The van der Waals surface area contributed by atoms with Crippen LogP contribution < -0.4 is 5.32 Å². The molecule has 0 aliphatic heterocycles. The van der Waals surface area contributed by atoms with Crippen molar-refractivity contribution in [3.63, 3.8) is 0 Å². The van der Waals surface area contributed by atoms with Gasteiger partial charge in [0.25, 0.3) is 0 Å². The van der Waals surface area contributed by atoms with E-state index >= 15 is 0 Å². The summed E-state index contributed by atoms with van der Waals surface area (Å²) in [6.45, 7) is 9.42. The fourth-order valence-electron chi connectivity index (χ4n) is 3.22. The van der Waals surface area contributed by atoms with E-state index in [0.29, 0.717) is 11.7 Å². The molecule has 2 aromatic rings. The number of hydrogen-bond acceptors (Lipinski definition) is 4. The lowest BCUT2D eigenvalue weighted by Crippen LogP contribution is -2.31. The first-order valence-corrected chi connectivity index (χ1v) is 10.7. The van der Waals surface area contributed by atoms with Crippen LogP contribution in [0, 0.1) is 5.92 Å². The molecule has 6 nitrogen and oxygen atoms in total. The highest BCUT2D eigenvalue weighted by molar-refractivity contribution is 9.10.